The third-order valence-corrected chi connectivity index (χ3v) is 2.98. The molecule has 1 heterocycles. The Bertz CT molecular complexity index is 491. The van der Waals surface area contributed by atoms with E-state index in [0.717, 1.165) is 6.20 Å². The van der Waals surface area contributed by atoms with Gasteiger partial charge in [0, 0.05) is 6.92 Å². The molecule has 0 amide bonds. The highest BCUT2D eigenvalue weighted by molar-refractivity contribution is 14.0. The van der Waals surface area contributed by atoms with Crippen LogP contribution in [0.4, 0.5) is 5.82 Å². The highest BCUT2D eigenvalue weighted by Crippen LogP contribution is 2.38. The number of aryl methyl sites for hydroxylation is 1. The summed E-state index contributed by atoms with van der Waals surface area (Å²) in [5.41, 5.74) is 0. The van der Waals surface area contributed by atoms with Gasteiger partial charge in [0.1, 0.15) is 18.8 Å². The first-order valence-corrected chi connectivity index (χ1v) is 6.77. The number of hydrogen-bond donors (Lipinski definition) is 2. The lowest BCUT2D eigenvalue weighted by molar-refractivity contribution is -0.392. The lowest BCUT2D eigenvalue weighted by atomic mass is 10.4. The Balaban J connectivity index is 0.00000324. The number of phosphoric acid groups is 1. The molecule has 0 aliphatic heterocycles. The van der Waals surface area contributed by atoms with Gasteiger partial charge in [0.25, 0.3) is 0 Å². The van der Waals surface area contributed by atoms with E-state index in [9.17, 15) is 14.7 Å². The average Bonchev–Trinajstić information content (AvgIpc) is 2.57. The van der Waals surface area contributed by atoms with E-state index >= 15 is 0 Å². The summed E-state index contributed by atoms with van der Waals surface area (Å²) in [6.45, 7) is 1.35. The van der Waals surface area contributed by atoms with Crippen LogP contribution in [0, 0.1) is 17.0 Å². The van der Waals surface area contributed by atoms with Gasteiger partial charge < -0.3 is 19.9 Å². The molecular weight excluding hydrogens is 415 g/mol. The van der Waals surface area contributed by atoms with Crippen molar-refractivity contribution in [3.05, 3.63) is 22.1 Å². The van der Waals surface area contributed by atoms with Crippen molar-refractivity contribution in [3.63, 3.8) is 0 Å². The molecule has 0 fully saturated rings. The van der Waals surface area contributed by atoms with E-state index in [0.29, 0.717) is 5.82 Å². The maximum atomic E-state index is 10.7. The van der Waals surface area contributed by atoms with Crippen LogP contribution in [0.1, 0.15) is 5.82 Å². The number of halogens is 2. The first kappa shape index (κ1) is 18.7. The Morgan fingerprint density at radius 1 is 1.68 bits per heavy atom. The molecule has 1 aromatic rings. The Labute approximate surface area is 130 Å². The van der Waals surface area contributed by atoms with Crippen molar-refractivity contribution in [3.8, 4) is 0 Å². The molecule has 12 heteroatoms. The molecular formula is C7H12ClIN3O6P. The summed E-state index contributed by atoms with van der Waals surface area (Å²) in [4.78, 5) is 31.1. The van der Waals surface area contributed by atoms with Gasteiger partial charge in [-0.2, -0.15) is 0 Å². The van der Waals surface area contributed by atoms with Crippen molar-refractivity contribution in [1.29, 1.82) is 0 Å². The highest BCUT2D eigenvalue weighted by Gasteiger charge is 2.27. The molecule has 0 saturated carbocycles. The molecule has 0 spiro atoms. The van der Waals surface area contributed by atoms with Gasteiger partial charge in [0.15, 0.2) is 5.82 Å². The maximum Gasteiger partial charge on any atom is 0.470 e. The first-order chi connectivity index (χ1) is 8.24. The number of imidazole rings is 1. The molecule has 0 aromatic carbocycles. The standard InChI is InChI=1S/C7H11ClN3O6P.HI/c1-5-9-3-7(11(12)13)10(5)4-6(2-8)17-18(14,15)16;/h3,6H,2,4H2,1H3,(H2,14,15,16);1H/t6-;/m1./s1. The first-order valence-electron chi connectivity index (χ1n) is 4.71. The van der Waals surface area contributed by atoms with Gasteiger partial charge in [-0.05, 0) is 4.92 Å². The molecule has 0 aliphatic carbocycles. The predicted molar refractivity (Wildman–Crippen MR) is 76.7 cm³/mol. The number of aromatic nitrogens is 2. The second-order valence-electron chi connectivity index (χ2n) is 3.40. The van der Waals surface area contributed by atoms with E-state index in [4.69, 9.17) is 21.4 Å². The van der Waals surface area contributed by atoms with Gasteiger partial charge in [-0.15, -0.1) is 35.6 Å². The summed E-state index contributed by atoms with van der Waals surface area (Å²) in [7, 11) is -4.70. The summed E-state index contributed by atoms with van der Waals surface area (Å²) in [5, 5.41) is 10.7. The molecule has 1 atom stereocenters. The van der Waals surface area contributed by atoms with Crippen LogP contribution in [0.15, 0.2) is 6.20 Å². The average molecular weight is 428 g/mol. The van der Waals surface area contributed by atoms with Crippen LogP contribution in [0.5, 0.6) is 0 Å². The van der Waals surface area contributed by atoms with Gasteiger partial charge >= 0.3 is 13.6 Å². The highest BCUT2D eigenvalue weighted by atomic mass is 127. The molecule has 110 valence electrons. The summed E-state index contributed by atoms with van der Waals surface area (Å²) in [6, 6.07) is 0. The molecule has 19 heavy (non-hydrogen) atoms. The van der Waals surface area contributed by atoms with E-state index in [1.54, 1.807) is 0 Å². The lowest BCUT2D eigenvalue weighted by Gasteiger charge is -2.14. The number of alkyl halides is 1. The van der Waals surface area contributed by atoms with Gasteiger partial charge in [-0.1, -0.05) is 0 Å². The monoisotopic (exact) mass is 427 g/mol. The van der Waals surface area contributed by atoms with Crippen molar-refractivity contribution >= 4 is 49.2 Å². The minimum absolute atomic E-state index is 0. The zero-order valence-electron chi connectivity index (χ0n) is 9.67. The Morgan fingerprint density at radius 2 is 2.26 bits per heavy atom. The van der Waals surface area contributed by atoms with Gasteiger partial charge in [0.05, 0.1) is 5.88 Å². The second kappa shape index (κ2) is 7.50. The summed E-state index contributed by atoms with van der Waals surface area (Å²) in [5.74, 6) is -0.192. The van der Waals surface area contributed by atoms with Crippen LogP contribution in [-0.4, -0.2) is 36.2 Å². The number of nitro groups is 1. The zero-order valence-corrected chi connectivity index (χ0v) is 13.7. The third-order valence-electron chi connectivity index (χ3n) is 2.07. The van der Waals surface area contributed by atoms with Crippen molar-refractivity contribution in [2.24, 2.45) is 0 Å². The van der Waals surface area contributed by atoms with E-state index in [1.165, 1.54) is 11.5 Å². The Morgan fingerprint density at radius 3 is 2.68 bits per heavy atom. The second-order valence-corrected chi connectivity index (χ2v) is 4.90. The lowest BCUT2D eigenvalue weighted by Crippen LogP contribution is -2.22. The normalized spacial score (nSPS) is 12.8. The summed E-state index contributed by atoms with van der Waals surface area (Å²) < 4.78 is 16.3. The Hall–Kier alpha value is -0.260. The van der Waals surface area contributed by atoms with Crippen molar-refractivity contribution in [2.75, 3.05) is 5.88 Å². The number of phosphoric ester groups is 1. The number of hydrogen-bond acceptors (Lipinski definition) is 5. The van der Waals surface area contributed by atoms with Crippen molar-refractivity contribution in [2.45, 2.75) is 19.6 Å². The summed E-state index contributed by atoms with van der Waals surface area (Å²) >= 11 is 5.50. The van der Waals surface area contributed by atoms with Crippen molar-refractivity contribution in [1.82, 2.24) is 9.55 Å². The fourth-order valence-corrected chi connectivity index (χ4v) is 2.11. The molecule has 1 aromatic heterocycles. The fourth-order valence-electron chi connectivity index (χ4n) is 1.34. The third kappa shape index (κ3) is 5.71. The molecule has 1 rings (SSSR count). The molecule has 2 N–H and O–H groups in total. The van der Waals surface area contributed by atoms with Crippen LogP contribution in [-0.2, 0) is 15.6 Å². The fraction of sp³-hybridized carbons (Fsp3) is 0.571. The molecule has 0 bridgehead atoms. The van der Waals surface area contributed by atoms with Crippen LogP contribution in [0.2, 0.25) is 0 Å². The van der Waals surface area contributed by atoms with Crippen LogP contribution in [0.25, 0.3) is 0 Å². The van der Waals surface area contributed by atoms with Gasteiger partial charge in [-0.25, -0.2) is 14.1 Å². The molecule has 9 nitrogen and oxygen atoms in total. The van der Waals surface area contributed by atoms with Crippen LogP contribution >= 0.6 is 43.4 Å². The molecule has 0 saturated heterocycles. The zero-order chi connectivity index (χ0) is 13.9. The maximum absolute atomic E-state index is 10.7. The Kier molecular flexibility index (Phi) is 7.40. The van der Waals surface area contributed by atoms with Crippen molar-refractivity contribution < 1.29 is 23.8 Å². The largest absolute Gasteiger partial charge is 0.470 e. The van der Waals surface area contributed by atoms with Crippen LogP contribution in [0.3, 0.4) is 0 Å². The molecule has 0 radical (unpaired) electrons. The molecule has 0 unspecified atom stereocenters. The quantitative estimate of drug-likeness (QED) is 0.231. The number of rotatable bonds is 6. The molecule has 0 aliphatic rings. The smallest absolute Gasteiger partial charge is 0.358 e. The minimum atomic E-state index is -4.70. The summed E-state index contributed by atoms with van der Waals surface area (Å²) in [6.07, 6.45) is -0.00271. The van der Waals surface area contributed by atoms with E-state index in [2.05, 4.69) is 9.51 Å². The van der Waals surface area contributed by atoms with E-state index in [1.807, 2.05) is 0 Å². The topological polar surface area (TPSA) is 128 Å². The number of nitrogens with zero attached hydrogens (tertiary/aromatic N) is 3. The predicted octanol–water partition coefficient (Wildman–Crippen LogP) is 1.43. The van der Waals surface area contributed by atoms with Gasteiger partial charge in [-0.3, -0.25) is 4.52 Å². The SMILES string of the molecule is Cc1ncc([N+](=O)[O-])n1C[C@@H](CCl)OP(=O)(O)O.I. The minimum Gasteiger partial charge on any atom is -0.358 e. The van der Waals surface area contributed by atoms with Gasteiger partial charge in [0.2, 0.25) is 0 Å². The van der Waals surface area contributed by atoms with E-state index in [-0.39, 0.29) is 42.2 Å². The van der Waals surface area contributed by atoms with Crippen LogP contribution < -0.4 is 0 Å². The van der Waals surface area contributed by atoms with E-state index < -0.39 is 18.8 Å².